The Labute approximate surface area is 129 Å². The molecule has 2 N–H and O–H groups in total. The monoisotopic (exact) mass is 312 g/mol. The molecular weight excluding hydrogens is 292 g/mol. The van der Waals surface area contributed by atoms with Crippen LogP contribution in [-0.2, 0) is 4.79 Å². The minimum atomic E-state index is -0.0358. The number of rotatable bonds is 5. The van der Waals surface area contributed by atoms with Gasteiger partial charge in [0.1, 0.15) is 0 Å². The summed E-state index contributed by atoms with van der Waals surface area (Å²) >= 11 is 5.97. The SMILES string of the molecule is CCCNc1nc(Cl)nc(N2CCCC(C(=O)NC)C2)n1. The van der Waals surface area contributed by atoms with Crippen LogP contribution in [0.25, 0.3) is 0 Å². The number of halogens is 1. The first kappa shape index (κ1) is 15.8. The Balaban J connectivity index is 2.12. The van der Waals surface area contributed by atoms with E-state index in [1.54, 1.807) is 7.05 Å². The summed E-state index contributed by atoms with van der Waals surface area (Å²) in [6.07, 6.45) is 2.79. The quantitative estimate of drug-likeness (QED) is 0.853. The van der Waals surface area contributed by atoms with Gasteiger partial charge in [0, 0.05) is 26.7 Å². The van der Waals surface area contributed by atoms with Crippen molar-refractivity contribution in [2.75, 3.05) is 36.9 Å². The van der Waals surface area contributed by atoms with Gasteiger partial charge in [0.15, 0.2) is 0 Å². The van der Waals surface area contributed by atoms with E-state index in [1.807, 2.05) is 4.90 Å². The van der Waals surface area contributed by atoms with Crippen molar-refractivity contribution in [2.45, 2.75) is 26.2 Å². The fraction of sp³-hybridized carbons (Fsp3) is 0.692. The van der Waals surface area contributed by atoms with Crippen LogP contribution < -0.4 is 15.5 Å². The van der Waals surface area contributed by atoms with Gasteiger partial charge in [-0.1, -0.05) is 6.92 Å². The number of amides is 1. The second-order valence-electron chi connectivity index (χ2n) is 5.05. The lowest BCUT2D eigenvalue weighted by Gasteiger charge is -2.31. The molecule has 1 fully saturated rings. The highest BCUT2D eigenvalue weighted by Gasteiger charge is 2.27. The molecule has 116 valence electrons. The Bertz CT molecular complexity index is 498. The van der Waals surface area contributed by atoms with E-state index in [0.29, 0.717) is 18.4 Å². The lowest BCUT2D eigenvalue weighted by atomic mass is 9.97. The maximum Gasteiger partial charge on any atom is 0.231 e. The molecular formula is C13H21ClN6O. The lowest BCUT2D eigenvalue weighted by Crippen LogP contribution is -2.43. The Kier molecular flexibility index (Phi) is 5.55. The number of hydrogen-bond acceptors (Lipinski definition) is 6. The molecule has 0 aromatic carbocycles. The minimum absolute atomic E-state index is 0.0358. The molecule has 21 heavy (non-hydrogen) atoms. The molecule has 7 nitrogen and oxygen atoms in total. The van der Waals surface area contributed by atoms with Crippen LogP contribution in [0.1, 0.15) is 26.2 Å². The number of hydrogen-bond donors (Lipinski definition) is 2. The van der Waals surface area contributed by atoms with Gasteiger partial charge in [-0.25, -0.2) is 0 Å². The Hall–Kier alpha value is -1.63. The van der Waals surface area contributed by atoms with Gasteiger partial charge in [-0.2, -0.15) is 15.0 Å². The minimum Gasteiger partial charge on any atom is -0.359 e. The van der Waals surface area contributed by atoms with Crippen LogP contribution in [0.15, 0.2) is 0 Å². The molecule has 0 radical (unpaired) electrons. The molecule has 1 atom stereocenters. The highest BCUT2D eigenvalue weighted by molar-refractivity contribution is 6.28. The van der Waals surface area contributed by atoms with Crippen LogP contribution in [0.5, 0.6) is 0 Å². The van der Waals surface area contributed by atoms with Gasteiger partial charge in [-0.3, -0.25) is 4.79 Å². The standard InChI is InChI=1S/C13H21ClN6O/c1-3-6-16-12-17-11(14)18-13(19-12)20-7-4-5-9(8-20)10(21)15-2/h9H,3-8H2,1-2H3,(H,15,21)(H,16,17,18,19). The van der Waals surface area contributed by atoms with Crippen molar-refractivity contribution < 1.29 is 4.79 Å². The largest absolute Gasteiger partial charge is 0.359 e. The zero-order valence-electron chi connectivity index (χ0n) is 12.4. The van der Waals surface area contributed by atoms with Crippen molar-refractivity contribution in [1.29, 1.82) is 0 Å². The zero-order valence-corrected chi connectivity index (χ0v) is 13.2. The molecule has 2 heterocycles. The maximum absolute atomic E-state index is 11.8. The van der Waals surface area contributed by atoms with Gasteiger partial charge in [0.25, 0.3) is 0 Å². The van der Waals surface area contributed by atoms with Gasteiger partial charge in [-0.15, -0.1) is 0 Å². The molecule has 1 aliphatic rings. The maximum atomic E-state index is 11.8. The number of piperidine rings is 1. The first-order valence-electron chi connectivity index (χ1n) is 7.26. The van der Waals surface area contributed by atoms with Gasteiger partial charge in [-0.05, 0) is 30.9 Å². The van der Waals surface area contributed by atoms with E-state index in [2.05, 4.69) is 32.5 Å². The Morgan fingerprint density at radius 1 is 1.43 bits per heavy atom. The van der Waals surface area contributed by atoms with E-state index in [4.69, 9.17) is 11.6 Å². The van der Waals surface area contributed by atoms with E-state index >= 15 is 0 Å². The van der Waals surface area contributed by atoms with Gasteiger partial charge in [0.2, 0.25) is 23.1 Å². The summed E-state index contributed by atoms with van der Waals surface area (Å²) in [5.74, 6) is 1.03. The molecule has 0 saturated carbocycles. The number of aromatic nitrogens is 3. The number of carbonyl (C=O) groups excluding carboxylic acids is 1. The van der Waals surface area contributed by atoms with Crippen molar-refractivity contribution in [3.63, 3.8) is 0 Å². The average molecular weight is 313 g/mol. The highest BCUT2D eigenvalue weighted by atomic mass is 35.5. The molecule has 0 aliphatic carbocycles. The highest BCUT2D eigenvalue weighted by Crippen LogP contribution is 2.22. The molecule has 8 heteroatoms. The number of anilines is 2. The van der Waals surface area contributed by atoms with Crippen molar-refractivity contribution in [1.82, 2.24) is 20.3 Å². The third kappa shape index (κ3) is 4.17. The summed E-state index contributed by atoms with van der Waals surface area (Å²) in [7, 11) is 1.66. The molecule has 1 aliphatic heterocycles. The lowest BCUT2D eigenvalue weighted by molar-refractivity contribution is -0.124. The predicted molar refractivity (Wildman–Crippen MR) is 82.6 cm³/mol. The molecule has 0 spiro atoms. The molecule has 2 rings (SSSR count). The first-order chi connectivity index (χ1) is 10.1. The average Bonchev–Trinajstić information content (AvgIpc) is 2.51. The molecule has 1 aromatic rings. The van der Waals surface area contributed by atoms with Crippen molar-refractivity contribution >= 4 is 29.4 Å². The summed E-state index contributed by atoms with van der Waals surface area (Å²) in [6, 6.07) is 0. The van der Waals surface area contributed by atoms with Crippen molar-refractivity contribution in [3.05, 3.63) is 5.28 Å². The van der Waals surface area contributed by atoms with E-state index in [1.165, 1.54) is 0 Å². The second-order valence-corrected chi connectivity index (χ2v) is 5.39. The predicted octanol–water partition coefficient (Wildman–Crippen LogP) is 1.31. The van der Waals surface area contributed by atoms with Crippen LogP contribution >= 0.6 is 11.6 Å². The van der Waals surface area contributed by atoms with Crippen LogP contribution in [0.2, 0.25) is 5.28 Å². The fourth-order valence-corrected chi connectivity index (χ4v) is 2.53. The van der Waals surface area contributed by atoms with Crippen molar-refractivity contribution in [3.8, 4) is 0 Å². The third-order valence-corrected chi connectivity index (χ3v) is 3.62. The topological polar surface area (TPSA) is 83.0 Å². The molecule has 0 bridgehead atoms. The van der Waals surface area contributed by atoms with E-state index < -0.39 is 0 Å². The number of nitrogens with zero attached hydrogens (tertiary/aromatic N) is 4. The smallest absolute Gasteiger partial charge is 0.231 e. The zero-order chi connectivity index (χ0) is 15.2. The summed E-state index contributed by atoms with van der Waals surface area (Å²) in [5, 5.41) is 5.97. The summed E-state index contributed by atoms with van der Waals surface area (Å²) < 4.78 is 0. The van der Waals surface area contributed by atoms with Crippen LogP contribution in [0, 0.1) is 5.92 Å². The van der Waals surface area contributed by atoms with Crippen LogP contribution in [-0.4, -0.2) is 47.5 Å². The van der Waals surface area contributed by atoms with E-state index in [-0.39, 0.29) is 17.1 Å². The molecule has 1 aromatic heterocycles. The van der Waals surface area contributed by atoms with E-state index in [9.17, 15) is 4.79 Å². The number of carbonyl (C=O) groups is 1. The van der Waals surface area contributed by atoms with E-state index in [0.717, 1.165) is 32.4 Å². The van der Waals surface area contributed by atoms with Gasteiger partial charge >= 0.3 is 0 Å². The fourth-order valence-electron chi connectivity index (χ4n) is 2.37. The summed E-state index contributed by atoms with van der Waals surface area (Å²) in [5.41, 5.74) is 0. The summed E-state index contributed by atoms with van der Waals surface area (Å²) in [6.45, 7) is 4.27. The third-order valence-electron chi connectivity index (χ3n) is 3.45. The number of nitrogens with one attached hydrogen (secondary N) is 2. The Morgan fingerprint density at radius 2 is 2.24 bits per heavy atom. The van der Waals surface area contributed by atoms with Gasteiger partial charge < -0.3 is 15.5 Å². The summed E-state index contributed by atoms with van der Waals surface area (Å²) in [4.78, 5) is 26.4. The first-order valence-corrected chi connectivity index (χ1v) is 7.63. The van der Waals surface area contributed by atoms with Gasteiger partial charge in [0.05, 0.1) is 5.92 Å². The van der Waals surface area contributed by atoms with Crippen molar-refractivity contribution in [2.24, 2.45) is 5.92 Å². The Morgan fingerprint density at radius 3 is 2.95 bits per heavy atom. The molecule has 1 saturated heterocycles. The molecule has 1 unspecified atom stereocenters. The normalized spacial score (nSPS) is 18.4. The second kappa shape index (κ2) is 7.40. The van der Waals surface area contributed by atoms with Crippen LogP contribution in [0.3, 0.4) is 0 Å². The van der Waals surface area contributed by atoms with Crippen LogP contribution in [0.4, 0.5) is 11.9 Å². The molecule has 1 amide bonds.